The van der Waals surface area contributed by atoms with Gasteiger partial charge in [-0.15, -0.1) is 0 Å². The first-order chi connectivity index (χ1) is 26.1. The van der Waals surface area contributed by atoms with Crippen LogP contribution in [0.3, 0.4) is 0 Å². The van der Waals surface area contributed by atoms with Crippen LogP contribution in [-0.2, 0) is 10.8 Å². The number of para-hydroxylation sites is 1. The van der Waals surface area contributed by atoms with Gasteiger partial charge in [-0.1, -0.05) is 150 Å². The molecule has 0 saturated heterocycles. The van der Waals surface area contributed by atoms with Gasteiger partial charge < -0.3 is 9.80 Å². The van der Waals surface area contributed by atoms with Crippen molar-refractivity contribution < 1.29 is 0 Å². The maximum absolute atomic E-state index is 2.57. The second-order valence-electron chi connectivity index (χ2n) is 17.8. The lowest BCUT2D eigenvalue weighted by molar-refractivity contribution is 0.590. The third-order valence-corrected chi connectivity index (χ3v) is 12.6. The molecule has 0 aromatic heterocycles. The molecule has 4 aliphatic rings. The van der Waals surface area contributed by atoms with Gasteiger partial charge in [0.15, 0.2) is 0 Å². The van der Waals surface area contributed by atoms with E-state index in [9.17, 15) is 0 Å². The molecule has 7 aromatic rings. The van der Waals surface area contributed by atoms with Gasteiger partial charge in [0.1, 0.15) is 0 Å². The van der Waals surface area contributed by atoms with Gasteiger partial charge in [-0.2, -0.15) is 0 Å². The number of benzene rings is 7. The van der Waals surface area contributed by atoms with E-state index in [0.717, 1.165) is 0 Å². The Balaban J connectivity index is 1.23. The fraction of sp³-hybridized carbons (Fsp3) is 0.160. The summed E-state index contributed by atoms with van der Waals surface area (Å²) in [5.41, 5.74) is 24.1. The maximum Gasteiger partial charge on any atom is 0.248 e. The van der Waals surface area contributed by atoms with Gasteiger partial charge in [0.05, 0.1) is 0 Å². The van der Waals surface area contributed by atoms with Crippen LogP contribution in [0.2, 0.25) is 0 Å². The molecule has 0 saturated carbocycles. The van der Waals surface area contributed by atoms with Crippen molar-refractivity contribution in [1.82, 2.24) is 0 Å². The van der Waals surface area contributed by atoms with Gasteiger partial charge in [-0.25, -0.2) is 0 Å². The van der Waals surface area contributed by atoms with Crippen LogP contribution in [-0.4, -0.2) is 13.4 Å². The van der Waals surface area contributed by atoms with Gasteiger partial charge in [0.25, 0.3) is 0 Å². The summed E-state index contributed by atoms with van der Waals surface area (Å²) in [5, 5.41) is 0. The van der Waals surface area contributed by atoms with Gasteiger partial charge in [-0.05, 0) is 115 Å². The number of fused-ring (bicyclic) bond motifs is 10. The van der Waals surface area contributed by atoms with Crippen LogP contribution in [0.1, 0.15) is 52.7 Å². The van der Waals surface area contributed by atoms with E-state index in [1.54, 1.807) is 0 Å². The Labute approximate surface area is 320 Å². The zero-order valence-electron chi connectivity index (χ0n) is 31.9. The summed E-state index contributed by atoms with van der Waals surface area (Å²) in [6, 6.07) is 55.8. The van der Waals surface area contributed by atoms with Gasteiger partial charge >= 0.3 is 0 Å². The minimum Gasteiger partial charge on any atom is -0.312 e. The molecule has 4 aliphatic heterocycles. The van der Waals surface area contributed by atoms with E-state index in [1.165, 1.54) is 100 Å². The topological polar surface area (TPSA) is 6.48 Å². The van der Waals surface area contributed by atoms with Crippen molar-refractivity contribution in [3.8, 4) is 22.3 Å². The molecule has 0 amide bonds. The van der Waals surface area contributed by atoms with Crippen molar-refractivity contribution >= 4 is 80.3 Å². The molecule has 7 aromatic carbocycles. The Morgan fingerprint density at radius 2 is 0.833 bits per heavy atom. The van der Waals surface area contributed by atoms with E-state index in [2.05, 4.69) is 197 Å². The molecule has 54 heavy (non-hydrogen) atoms. The number of hydrogen-bond donors (Lipinski definition) is 0. The summed E-state index contributed by atoms with van der Waals surface area (Å²) in [7, 11) is 0. The largest absolute Gasteiger partial charge is 0.312 e. The summed E-state index contributed by atoms with van der Waals surface area (Å²) in [6.45, 7) is 14.1. The second kappa shape index (κ2) is 10.9. The van der Waals surface area contributed by atoms with Crippen LogP contribution in [0.4, 0.5) is 34.1 Å². The zero-order valence-corrected chi connectivity index (χ0v) is 31.9. The Morgan fingerprint density at radius 3 is 1.43 bits per heavy atom. The molecule has 0 unspecified atom stereocenters. The number of anilines is 6. The molecule has 258 valence electrons. The molecular formula is C50H42B2N2. The quantitative estimate of drug-likeness (QED) is 0.167. The van der Waals surface area contributed by atoms with Crippen LogP contribution in [0.15, 0.2) is 146 Å². The van der Waals surface area contributed by atoms with Crippen LogP contribution < -0.4 is 42.6 Å². The van der Waals surface area contributed by atoms with E-state index in [1.807, 2.05) is 0 Å². The molecule has 4 heterocycles. The van der Waals surface area contributed by atoms with Crippen LogP contribution >= 0.6 is 0 Å². The summed E-state index contributed by atoms with van der Waals surface area (Å²) in [6.07, 6.45) is 0. The van der Waals surface area contributed by atoms with Gasteiger partial charge in [0, 0.05) is 34.1 Å². The fourth-order valence-corrected chi connectivity index (χ4v) is 9.99. The molecular weight excluding hydrogens is 650 g/mol. The molecule has 4 heteroatoms. The predicted molar refractivity (Wildman–Crippen MR) is 233 cm³/mol. The smallest absolute Gasteiger partial charge is 0.248 e. The maximum atomic E-state index is 2.57. The zero-order chi connectivity index (χ0) is 36.7. The Morgan fingerprint density at radius 1 is 0.352 bits per heavy atom. The second-order valence-corrected chi connectivity index (χ2v) is 17.8. The molecule has 0 atom stereocenters. The first-order valence-corrected chi connectivity index (χ1v) is 19.5. The van der Waals surface area contributed by atoms with Crippen LogP contribution in [0, 0.1) is 0 Å². The SMILES string of the molecule is CC(C)(C)c1ccc(N2c3cc4c(cc3B3c5ccc(C(C)(C)C)cc5-c5cccc2c53)N(c2ccccc2)c2cccc3c2B4c2ccccc2-3)cc1. The Kier molecular flexibility index (Phi) is 6.42. The minimum absolute atomic E-state index is 0.0584. The molecule has 0 N–H and O–H groups in total. The highest BCUT2D eigenvalue weighted by atomic mass is 15.2. The van der Waals surface area contributed by atoms with Crippen molar-refractivity contribution in [1.29, 1.82) is 0 Å². The highest BCUT2D eigenvalue weighted by molar-refractivity contribution is 7.03. The molecule has 0 bridgehead atoms. The lowest BCUT2D eigenvalue weighted by Crippen LogP contribution is -2.58. The van der Waals surface area contributed by atoms with Gasteiger partial charge in [0.2, 0.25) is 13.4 Å². The summed E-state index contributed by atoms with van der Waals surface area (Å²) in [5.74, 6) is 0. The molecule has 0 aliphatic carbocycles. The monoisotopic (exact) mass is 692 g/mol. The highest BCUT2D eigenvalue weighted by Crippen LogP contribution is 2.45. The van der Waals surface area contributed by atoms with Crippen molar-refractivity contribution in [2.24, 2.45) is 0 Å². The van der Waals surface area contributed by atoms with Crippen molar-refractivity contribution in [3.05, 3.63) is 157 Å². The van der Waals surface area contributed by atoms with E-state index in [-0.39, 0.29) is 24.3 Å². The summed E-state index contributed by atoms with van der Waals surface area (Å²) < 4.78 is 0. The molecule has 0 fully saturated rings. The van der Waals surface area contributed by atoms with Crippen molar-refractivity contribution in [2.45, 2.75) is 52.4 Å². The first-order valence-electron chi connectivity index (χ1n) is 19.5. The van der Waals surface area contributed by atoms with E-state index in [0.29, 0.717) is 0 Å². The lowest BCUT2D eigenvalue weighted by atomic mass is 9.34. The average Bonchev–Trinajstić information content (AvgIpc) is 3.69. The first kappa shape index (κ1) is 31.8. The molecule has 11 rings (SSSR count). The van der Waals surface area contributed by atoms with Crippen LogP contribution in [0.5, 0.6) is 0 Å². The van der Waals surface area contributed by atoms with E-state index < -0.39 is 0 Å². The standard InChI is InChI=1S/C50H42B2N2/c1-49(2,3)31-22-25-34(26-23-31)54-44-21-13-18-37-38-28-32(50(4,5)6)24-27-40(38)52(48(37)44)42-30-45-41(29-46(42)54)51-39-19-11-10-16-35(39)36-17-12-20-43(47(36)51)53(45)33-14-8-7-9-15-33/h7-30H,1-6H3. The average molecular weight is 693 g/mol. The van der Waals surface area contributed by atoms with Crippen molar-refractivity contribution in [2.75, 3.05) is 9.80 Å². The molecule has 2 nitrogen and oxygen atoms in total. The number of hydrogen-bond acceptors (Lipinski definition) is 2. The molecule has 0 radical (unpaired) electrons. The van der Waals surface area contributed by atoms with Crippen molar-refractivity contribution in [3.63, 3.8) is 0 Å². The summed E-state index contributed by atoms with van der Waals surface area (Å²) >= 11 is 0. The molecule has 0 spiro atoms. The van der Waals surface area contributed by atoms with Gasteiger partial charge in [-0.3, -0.25) is 0 Å². The van der Waals surface area contributed by atoms with E-state index >= 15 is 0 Å². The summed E-state index contributed by atoms with van der Waals surface area (Å²) in [4.78, 5) is 5.11. The Bertz CT molecular complexity index is 2680. The Hall–Kier alpha value is -5.73. The number of nitrogens with zero attached hydrogens (tertiary/aromatic N) is 2. The third kappa shape index (κ3) is 4.31. The van der Waals surface area contributed by atoms with Crippen LogP contribution in [0.25, 0.3) is 22.3 Å². The predicted octanol–water partition coefficient (Wildman–Crippen LogP) is 8.84. The fourth-order valence-electron chi connectivity index (χ4n) is 9.99. The highest BCUT2D eigenvalue weighted by Gasteiger charge is 2.47. The number of rotatable bonds is 2. The lowest BCUT2D eigenvalue weighted by Gasteiger charge is -2.41. The van der Waals surface area contributed by atoms with E-state index in [4.69, 9.17) is 0 Å². The normalized spacial score (nSPS) is 14.3. The third-order valence-electron chi connectivity index (χ3n) is 12.6. The minimum atomic E-state index is 0.0584.